The van der Waals surface area contributed by atoms with Crippen LogP contribution in [0.2, 0.25) is 0 Å². The Labute approximate surface area is 149 Å². The van der Waals surface area contributed by atoms with Crippen molar-refractivity contribution >= 4 is 18.0 Å². The predicted molar refractivity (Wildman–Crippen MR) is 99.0 cm³/mol. The topological polar surface area (TPSA) is 52.7 Å². The Morgan fingerprint density at radius 2 is 2.08 bits per heavy atom. The number of benzene rings is 1. The summed E-state index contributed by atoms with van der Waals surface area (Å²) in [4.78, 5) is 28.3. The summed E-state index contributed by atoms with van der Waals surface area (Å²) >= 11 is 0. The molecule has 0 aromatic heterocycles. The van der Waals surface area contributed by atoms with Crippen LogP contribution >= 0.6 is 0 Å². The minimum Gasteiger partial charge on any atom is -0.341 e. The zero-order chi connectivity index (χ0) is 17.6. The molecule has 0 bridgehead atoms. The van der Waals surface area contributed by atoms with Gasteiger partial charge >= 0.3 is 6.03 Å². The molecule has 1 aromatic carbocycles. The van der Waals surface area contributed by atoms with Crippen LogP contribution in [0, 0.1) is 0 Å². The smallest absolute Gasteiger partial charge is 0.318 e. The van der Waals surface area contributed by atoms with Gasteiger partial charge in [-0.3, -0.25) is 4.79 Å². The lowest BCUT2D eigenvalue weighted by molar-refractivity contribution is -0.127. The summed E-state index contributed by atoms with van der Waals surface area (Å²) in [7, 11) is 0. The number of rotatable bonds is 7. The minimum atomic E-state index is -0.0640. The molecule has 1 atom stereocenters. The highest BCUT2D eigenvalue weighted by molar-refractivity contribution is 5.82. The number of amides is 3. The van der Waals surface area contributed by atoms with Crippen LogP contribution in [0.5, 0.6) is 0 Å². The second-order valence-corrected chi connectivity index (χ2v) is 6.89. The van der Waals surface area contributed by atoms with Gasteiger partial charge in [-0.2, -0.15) is 0 Å². The molecule has 5 heteroatoms. The lowest BCUT2D eigenvalue weighted by Gasteiger charge is -2.24. The molecular formula is C20H27N3O2. The highest BCUT2D eigenvalue weighted by Crippen LogP contribution is 2.27. The van der Waals surface area contributed by atoms with Gasteiger partial charge in [0.25, 0.3) is 0 Å². The molecule has 3 rings (SSSR count). The summed E-state index contributed by atoms with van der Waals surface area (Å²) in [6.45, 7) is 4.08. The molecule has 0 unspecified atom stereocenters. The van der Waals surface area contributed by atoms with E-state index < -0.39 is 0 Å². The number of nitrogens with one attached hydrogen (secondary N) is 1. The molecule has 134 valence electrons. The number of carbonyl (C=O) groups is 2. The van der Waals surface area contributed by atoms with E-state index >= 15 is 0 Å². The van der Waals surface area contributed by atoms with Crippen molar-refractivity contribution in [3.63, 3.8) is 0 Å². The van der Waals surface area contributed by atoms with Gasteiger partial charge in [0.05, 0.1) is 6.04 Å². The molecular weight excluding hydrogens is 314 g/mol. The third kappa shape index (κ3) is 4.84. The largest absolute Gasteiger partial charge is 0.341 e. The van der Waals surface area contributed by atoms with Crippen molar-refractivity contribution in [3.05, 3.63) is 42.0 Å². The third-order valence-electron chi connectivity index (χ3n) is 4.70. The van der Waals surface area contributed by atoms with Crippen molar-refractivity contribution in [2.24, 2.45) is 0 Å². The van der Waals surface area contributed by atoms with Gasteiger partial charge in [-0.15, -0.1) is 0 Å². The molecule has 2 aliphatic rings. The van der Waals surface area contributed by atoms with Gasteiger partial charge in [0.15, 0.2) is 0 Å². The first-order chi connectivity index (χ1) is 12.2. The second kappa shape index (κ2) is 8.19. The van der Waals surface area contributed by atoms with Gasteiger partial charge in [0, 0.05) is 32.1 Å². The highest BCUT2D eigenvalue weighted by atomic mass is 16.2. The molecule has 3 amide bonds. The van der Waals surface area contributed by atoms with Gasteiger partial charge in [0.1, 0.15) is 0 Å². The molecule has 5 nitrogen and oxygen atoms in total. The van der Waals surface area contributed by atoms with Crippen molar-refractivity contribution < 1.29 is 9.59 Å². The maximum absolute atomic E-state index is 12.6. The Morgan fingerprint density at radius 3 is 2.76 bits per heavy atom. The standard InChI is InChI=1S/C20H27N3O2/c1-2-12-22-15-17(14-19(22)24)21-20(25)23(18-10-11-18)13-6-9-16-7-4-3-5-8-16/h3-9,17-18H,2,10-15H2,1H3,(H,21,25)/b9-6+/t17-/m1/s1. The quantitative estimate of drug-likeness (QED) is 0.829. The SMILES string of the molecule is CCCN1C[C@H](NC(=O)N(C/C=C/c2ccccc2)C2CC2)CC1=O. The summed E-state index contributed by atoms with van der Waals surface area (Å²) in [6, 6.07) is 10.3. The zero-order valence-corrected chi connectivity index (χ0v) is 14.9. The molecule has 1 aromatic rings. The van der Waals surface area contributed by atoms with Crippen molar-refractivity contribution in [2.45, 2.75) is 44.7 Å². The van der Waals surface area contributed by atoms with E-state index in [0.717, 1.165) is 31.4 Å². The fourth-order valence-electron chi connectivity index (χ4n) is 3.26. The molecule has 1 N–H and O–H groups in total. The van der Waals surface area contributed by atoms with E-state index in [4.69, 9.17) is 0 Å². The lowest BCUT2D eigenvalue weighted by atomic mass is 10.2. The fourth-order valence-corrected chi connectivity index (χ4v) is 3.26. The van der Waals surface area contributed by atoms with Crippen molar-refractivity contribution in [1.82, 2.24) is 15.1 Å². The number of nitrogens with zero attached hydrogens (tertiary/aromatic N) is 2. The number of urea groups is 1. The van der Waals surface area contributed by atoms with Gasteiger partial charge < -0.3 is 15.1 Å². The summed E-state index contributed by atoms with van der Waals surface area (Å²) < 4.78 is 0. The Hall–Kier alpha value is -2.30. The molecule has 0 spiro atoms. The van der Waals surface area contributed by atoms with Gasteiger partial charge in [-0.1, -0.05) is 49.4 Å². The number of hydrogen-bond acceptors (Lipinski definition) is 2. The van der Waals surface area contributed by atoms with Crippen LogP contribution in [0.4, 0.5) is 4.79 Å². The fraction of sp³-hybridized carbons (Fsp3) is 0.500. The van der Waals surface area contributed by atoms with Crippen LogP contribution in [0.15, 0.2) is 36.4 Å². The molecule has 1 heterocycles. The van der Waals surface area contributed by atoms with E-state index in [1.807, 2.05) is 52.3 Å². The van der Waals surface area contributed by atoms with Crippen molar-refractivity contribution in [2.75, 3.05) is 19.6 Å². The van der Waals surface area contributed by atoms with Crippen LogP contribution in [0.3, 0.4) is 0 Å². The second-order valence-electron chi connectivity index (χ2n) is 6.89. The first-order valence-electron chi connectivity index (χ1n) is 9.24. The molecule has 1 aliphatic heterocycles. The van der Waals surface area contributed by atoms with Gasteiger partial charge in [-0.25, -0.2) is 4.79 Å². The van der Waals surface area contributed by atoms with E-state index in [1.165, 1.54) is 0 Å². The maximum atomic E-state index is 12.6. The van der Waals surface area contributed by atoms with Gasteiger partial charge in [0.2, 0.25) is 5.91 Å². The molecule has 1 saturated carbocycles. The Bertz CT molecular complexity index is 625. The zero-order valence-electron chi connectivity index (χ0n) is 14.9. The lowest BCUT2D eigenvalue weighted by Crippen LogP contribution is -2.46. The van der Waals surface area contributed by atoms with E-state index in [9.17, 15) is 9.59 Å². The predicted octanol–water partition coefficient (Wildman–Crippen LogP) is 2.88. The average Bonchev–Trinajstić information content (AvgIpc) is 3.38. The molecule has 1 aliphatic carbocycles. The average molecular weight is 341 g/mol. The Kier molecular flexibility index (Phi) is 5.74. The minimum absolute atomic E-state index is 0.0450. The summed E-state index contributed by atoms with van der Waals surface area (Å²) in [5.74, 6) is 0.147. The van der Waals surface area contributed by atoms with E-state index in [2.05, 4.69) is 12.2 Å². The number of carbonyl (C=O) groups excluding carboxylic acids is 2. The summed E-state index contributed by atoms with van der Waals surface area (Å²) in [5, 5.41) is 3.06. The van der Waals surface area contributed by atoms with Gasteiger partial charge in [-0.05, 0) is 24.8 Å². The normalized spacial score (nSPS) is 20.3. The van der Waals surface area contributed by atoms with Crippen LogP contribution < -0.4 is 5.32 Å². The molecule has 2 fully saturated rings. The monoisotopic (exact) mass is 341 g/mol. The van der Waals surface area contributed by atoms with Crippen molar-refractivity contribution in [1.29, 1.82) is 0 Å². The van der Waals surface area contributed by atoms with Crippen molar-refractivity contribution in [3.8, 4) is 0 Å². The molecule has 1 saturated heterocycles. The Morgan fingerprint density at radius 1 is 1.32 bits per heavy atom. The first kappa shape index (κ1) is 17.5. The van der Waals surface area contributed by atoms with E-state index in [1.54, 1.807) is 0 Å². The third-order valence-corrected chi connectivity index (χ3v) is 4.70. The highest BCUT2D eigenvalue weighted by Gasteiger charge is 2.35. The van der Waals surface area contributed by atoms with E-state index in [-0.39, 0.29) is 18.0 Å². The first-order valence-corrected chi connectivity index (χ1v) is 9.24. The maximum Gasteiger partial charge on any atom is 0.318 e. The van der Waals surface area contributed by atoms with E-state index in [0.29, 0.717) is 25.6 Å². The summed E-state index contributed by atoms with van der Waals surface area (Å²) in [5.41, 5.74) is 1.13. The van der Waals surface area contributed by atoms with Crippen LogP contribution in [-0.4, -0.2) is 53.5 Å². The van der Waals surface area contributed by atoms with Crippen LogP contribution in [0.25, 0.3) is 6.08 Å². The van der Waals surface area contributed by atoms with Crippen LogP contribution in [0.1, 0.15) is 38.2 Å². The number of likely N-dealkylation sites (tertiary alicyclic amines) is 1. The Balaban J connectivity index is 1.53. The molecule has 0 radical (unpaired) electrons. The number of hydrogen-bond donors (Lipinski definition) is 1. The molecule has 25 heavy (non-hydrogen) atoms. The van der Waals surface area contributed by atoms with Crippen LogP contribution in [-0.2, 0) is 4.79 Å². The summed E-state index contributed by atoms with van der Waals surface area (Å²) in [6.07, 6.45) is 7.59.